The Morgan fingerprint density at radius 3 is 2.72 bits per heavy atom. The highest BCUT2D eigenvalue weighted by Gasteiger charge is 2.24. The lowest BCUT2D eigenvalue weighted by atomic mass is 10.0. The zero-order chi connectivity index (χ0) is 22.3. The Kier molecular flexibility index (Phi) is 7.07. The largest absolute Gasteiger partial charge is 0.462 e. The molecule has 1 aliphatic rings. The van der Waals surface area contributed by atoms with Gasteiger partial charge in [-0.2, -0.15) is 0 Å². The van der Waals surface area contributed by atoms with Crippen molar-refractivity contribution in [1.82, 2.24) is 4.98 Å². The van der Waals surface area contributed by atoms with E-state index in [1.165, 1.54) is 11.3 Å². The van der Waals surface area contributed by atoms with Crippen molar-refractivity contribution in [3.63, 3.8) is 0 Å². The summed E-state index contributed by atoms with van der Waals surface area (Å²) in [4.78, 5) is 35.2. The zero-order valence-electron chi connectivity index (χ0n) is 18.0. The number of pyridine rings is 1. The molecule has 0 unspecified atom stereocenters. The quantitative estimate of drug-likeness (QED) is 0.303. The molecule has 32 heavy (non-hydrogen) atoms. The van der Waals surface area contributed by atoms with Gasteiger partial charge in [0, 0.05) is 34.7 Å². The van der Waals surface area contributed by atoms with Crippen molar-refractivity contribution < 1.29 is 14.3 Å². The number of hydrogen-bond donors (Lipinski definition) is 1. The summed E-state index contributed by atoms with van der Waals surface area (Å²) < 4.78 is 5.02. The monoisotopic (exact) mass is 447 g/mol. The lowest BCUT2D eigenvalue weighted by Crippen LogP contribution is -2.14. The van der Waals surface area contributed by atoms with Gasteiger partial charge in [-0.25, -0.2) is 9.79 Å². The first-order valence-electron chi connectivity index (χ1n) is 10.8. The van der Waals surface area contributed by atoms with Crippen molar-refractivity contribution in [2.75, 3.05) is 11.9 Å². The average molecular weight is 448 g/mol. The molecule has 0 radical (unpaired) electrons. The highest BCUT2D eigenvalue weighted by molar-refractivity contribution is 7.16. The molecule has 7 heteroatoms. The van der Waals surface area contributed by atoms with Crippen LogP contribution in [0.4, 0.5) is 10.7 Å². The second-order valence-electron chi connectivity index (χ2n) is 7.54. The summed E-state index contributed by atoms with van der Waals surface area (Å²) >= 11 is 1.60. The predicted molar refractivity (Wildman–Crippen MR) is 127 cm³/mol. The first-order chi connectivity index (χ1) is 15.7. The predicted octanol–water partition coefficient (Wildman–Crippen LogP) is 5.59. The molecule has 1 amide bonds. The minimum absolute atomic E-state index is 0.174. The zero-order valence-corrected chi connectivity index (χ0v) is 18.8. The van der Waals surface area contributed by atoms with Crippen LogP contribution in [0.5, 0.6) is 0 Å². The fourth-order valence-corrected chi connectivity index (χ4v) is 4.97. The van der Waals surface area contributed by atoms with Crippen molar-refractivity contribution in [1.29, 1.82) is 0 Å². The van der Waals surface area contributed by atoms with Gasteiger partial charge in [-0.05, 0) is 68.5 Å². The van der Waals surface area contributed by atoms with Gasteiger partial charge in [0.05, 0.1) is 17.7 Å². The second-order valence-corrected chi connectivity index (χ2v) is 8.62. The van der Waals surface area contributed by atoms with Gasteiger partial charge in [0.15, 0.2) is 0 Å². The van der Waals surface area contributed by atoms with Crippen molar-refractivity contribution >= 4 is 40.1 Å². The number of hydrogen-bond acceptors (Lipinski definition) is 6. The summed E-state index contributed by atoms with van der Waals surface area (Å²) in [5.41, 5.74) is 3.74. The van der Waals surface area contributed by atoms with E-state index in [0.717, 1.165) is 41.8 Å². The van der Waals surface area contributed by atoms with Crippen LogP contribution in [-0.2, 0) is 17.6 Å². The molecule has 0 saturated heterocycles. The maximum absolute atomic E-state index is 13.3. The fourth-order valence-electron chi connectivity index (χ4n) is 3.74. The molecule has 0 saturated carbocycles. The number of nitrogens with zero attached hydrogens (tertiary/aromatic N) is 2. The van der Waals surface area contributed by atoms with Crippen LogP contribution in [0.25, 0.3) is 0 Å². The van der Waals surface area contributed by atoms with Gasteiger partial charge in [0.25, 0.3) is 5.91 Å². The molecule has 1 aromatic carbocycles. The number of carbonyl (C=O) groups excluding carboxylic acids is 2. The number of thiophene rings is 1. The first-order valence-corrected chi connectivity index (χ1v) is 11.6. The normalized spacial score (nSPS) is 13.4. The van der Waals surface area contributed by atoms with Crippen molar-refractivity contribution in [2.24, 2.45) is 4.99 Å². The van der Waals surface area contributed by atoms with Crippen LogP contribution in [0.1, 0.15) is 62.9 Å². The van der Waals surface area contributed by atoms with E-state index in [0.29, 0.717) is 23.4 Å². The third-order valence-corrected chi connectivity index (χ3v) is 6.50. The lowest BCUT2D eigenvalue weighted by molar-refractivity contribution is 0.0526. The highest BCUT2D eigenvalue weighted by atomic mass is 32.1. The number of fused-ring (bicyclic) bond motifs is 1. The number of ether oxygens (including phenoxy) is 1. The smallest absolute Gasteiger partial charge is 0.338 e. The highest BCUT2D eigenvalue weighted by Crippen LogP contribution is 2.39. The topological polar surface area (TPSA) is 80.6 Å². The number of nitrogens with one attached hydrogen (secondary N) is 1. The van der Waals surface area contributed by atoms with Gasteiger partial charge in [-0.1, -0.05) is 12.5 Å². The standard InChI is InChI=1S/C25H25N3O3S/c1-2-31-25(30)18-10-12-19(13-11-18)28-23(29)22-20-8-4-3-5-9-21(20)32-24(22)27-16-17-7-6-14-26-15-17/h6-7,10-16H,2-5,8-9H2,1H3,(H,28,29). The lowest BCUT2D eigenvalue weighted by Gasteiger charge is -2.09. The van der Waals surface area contributed by atoms with Gasteiger partial charge in [-0.15, -0.1) is 11.3 Å². The van der Waals surface area contributed by atoms with Crippen LogP contribution in [0.3, 0.4) is 0 Å². The summed E-state index contributed by atoms with van der Waals surface area (Å²) in [6.45, 7) is 2.09. The number of carbonyl (C=O) groups is 2. The molecule has 0 spiro atoms. The van der Waals surface area contributed by atoms with E-state index in [9.17, 15) is 9.59 Å². The first kappa shape index (κ1) is 21.9. The minimum atomic E-state index is -0.374. The van der Waals surface area contributed by atoms with Crippen LogP contribution >= 0.6 is 11.3 Å². The van der Waals surface area contributed by atoms with Gasteiger partial charge < -0.3 is 10.1 Å². The van der Waals surface area contributed by atoms with Gasteiger partial charge >= 0.3 is 5.97 Å². The summed E-state index contributed by atoms with van der Waals surface area (Å²) in [5.74, 6) is -0.549. The molecule has 0 bridgehead atoms. The Labute approximate surface area is 191 Å². The van der Waals surface area contributed by atoms with Crippen molar-refractivity contribution in [2.45, 2.75) is 39.0 Å². The van der Waals surface area contributed by atoms with E-state index >= 15 is 0 Å². The Balaban J connectivity index is 1.61. The van der Waals surface area contributed by atoms with E-state index < -0.39 is 0 Å². The van der Waals surface area contributed by atoms with Crippen LogP contribution < -0.4 is 5.32 Å². The molecule has 0 fully saturated rings. The molecule has 3 aromatic rings. The molecule has 2 aromatic heterocycles. The van der Waals surface area contributed by atoms with Crippen LogP contribution in [0.2, 0.25) is 0 Å². The average Bonchev–Trinajstić information content (AvgIpc) is 3.00. The maximum Gasteiger partial charge on any atom is 0.338 e. The van der Waals surface area contributed by atoms with Crippen molar-refractivity contribution in [3.05, 3.63) is 75.9 Å². The molecule has 164 valence electrons. The Hall–Kier alpha value is -3.32. The van der Waals surface area contributed by atoms with Crippen LogP contribution in [-0.4, -0.2) is 29.7 Å². The molecule has 6 nitrogen and oxygen atoms in total. The van der Waals surface area contributed by atoms with Crippen LogP contribution in [0, 0.1) is 0 Å². The number of aryl methyl sites for hydroxylation is 1. The third-order valence-electron chi connectivity index (χ3n) is 5.30. The number of esters is 1. The fraction of sp³-hybridized carbons (Fsp3) is 0.280. The summed E-state index contributed by atoms with van der Waals surface area (Å²) in [5, 5.41) is 3.70. The van der Waals surface area contributed by atoms with E-state index in [4.69, 9.17) is 4.74 Å². The molecular weight excluding hydrogens is 422 g/mol. The number of benzene rings is 1. The third kappa shape index (κ3) is 5.11. The van der Waals surface area contributed by atoms with Gasteiger partial charge in [-0.3, -0.25) is 9.78 Å². The molecular formula is C25H25N3O3S. The SMILES string of the molecule is CCOC(=O)c1ccc(NC(=O)c2c(N=Cc3cccnc3)sc3c2CCCCC3)cc1. The Morgan fingerprint density at radius 1 is 1.16 bits per heavy atom. The number of rotatable bonds is 6. The molecule has 4 rings (SSSR count). The van der Waals surface area contributed by atoms with Gasteiger partial charge in [0.2, 0.25) is 0 Å². The second kappa shape index (κ2) is 10.3. The summed E-state index contributed by atoms with van der Waals surface area (Å²) in [6.07, 6.45) is 10.5. The molecule has 0 aliphatic heterocycles. The number of aromatic nitrogens is 1. The molecule has 1 aliphatic carbocycles. The van der Waals surface area contributed by atoms with Crippen molar-refractivity contribution in [3.8, 4) is 0 Å². The van der Waals surface area contributed by atoms with E-state index in [1.54, 1.807) is 61.1 Å². The Morgan fingerprint density at radius 2 is 1.97 bits per heavy atom. The van der Waals surface area contributed by atoms with E-state index in [1.807, 2.05) is 12.1 Å². The molecule has 1 N–H and O–H groups in total. The molecule has 0 atom stereocenters. The van der Waals surface area contributed by atoms with E-state index in [-0.39, 0.29) is 11.9 Å². The Bertz CT molecular complexity index is 1120. The maximum atomic E-state index is 13.3. The number of amides is 1. The number of aliphatic imine (C=N–C) groups is 1. The number of anilines is 1. The van der Waals surface area contributed by atoms with Gasteiger partial charge in [0.1, 0.15) is 5.00 Å². The summed E-state index contributed by atoms with van der Waals surface area (Å²) in [6, 6.07) is 10.5. The molecule has 2 heterocycles. The van der Waals surface area contributed by atoms with Crippen LogP contribution in [0.15, 0.2) is 53.8 Å². The summed E-state index contributed by atoms with van der Waals surface area (Å²) in [7, 11) is 0. The minimum Gasteiger partial charge on any atom is -0.462 e. The van der Waals surface area contributed by atoms with E-state index in [2.05, 4.69) is 15.3 Å².